The molecule has 0 aliphatic carbocycles. The Kier molecular flexibility index (Phi) is 6.35. The van der Waals surface area contributed by atoms with Gasteiger partial charge in [0.25, 0.3) is 0 Å². The molecular weight excluding hydrogens is 356 g/mol. The number of carbonyl (C=O) groups excluding carboxylic acids is 2. The van der Waals surface area contributed by atoms with Gasteiger partial charge in [0.1, 0.15) is 0 Å². The van der Waals surface area contributed by atoms with E-state index in [9.17, 15) is 9.59 Å². The fourth-order valence-electron chi connectivity index (χ4n) is 2.17. The summed E-state index contributed by atoms with van der Waals surface area (Å²) in [5.74, 6) is -1.25. The standard InChI is InChI=1S/C18H19BrN2O2/c1-13-12-15(19)9-10-16(13)21-18(23)17(22)20-11-5-8-14-6-3-2-4-7-14/h2-4,6-7,9-10,12H,5,8,11H2,1H3,(H,20,22)(H,21,23). The highest BCUT2D eigenvalue weighted by atomic mass is 79.9. The Morgan fingerprint density at radius 1 is 1.04 bits per heavy atom. The summed E-state index contributed by atoms with van der Waals surface area (Å²) in [7, 11) is 0. The van der Waals surface area contributed by atoms with E-state index in [1.165, 1.54) is 5.56 Å². The van der Waals surface area contributed by atoms with Gasteiger partial charge in [-0.15, -0.1) is 0 Å². The Balaban J connectivity index is 1.75. The van der Waals surface area contributed by atoms with Crippen molar-refractivity contribution in [3.63, 3.8) is 0 Å². The maximum Gasteiger partial charge on any atom is 0.313 e. The van der Waals surface area contributed by atoms with Crippen molar-refractivity contribution >= 4 is 33.4 Å². The highest BCUT2D eigenvalue weighted by molar-refractivity contribution is 9.10. The van der Waals surface area contributed by atoms with Gasteiger partial charge >= 0.3 is 11.8 Å². The van der Waals surface area contributed by atoms with Crippen LogP contribution >= 0.6 is 15.9 Å². The van der Waals surface area contributed by atoms with E-state index in [4.69, 9.17) is 0 Å². The molecule has 2 N–H and O–H groups in total. The second-order valence-corrected chi connectivity index (χ2v) is 6.17. The molecule has 0 heterocycles. The minimum Gasteiger partial charge on any atom is -0.348 e. The fraction of sp³-hybridized carbons (Fsp3) is 0.222. The normalized spacial score (nSPS) is 10.2. The lowest BCUT2D eigenvalue weighted by molar-refractivity contribution is -0.136. The number of hydrogen-bond donors (Lipinski definition) is 2. The summed E-state index contributed by atoms with van der Waals surface area (Å²) < 4.78 is 0.929. The van der Waals surface area contributed by atoms with E-state index in [1.54, 1.807) is 6.07 Å². The Bertz CT molecular complexity index is 687. The van der Waals surface area contributed by atoms with Gasteiger partial charge in [0.2, 0.25) is 0 Å². The van der Waals surface area contributed by atoms with Crippen molar-refractivity contribution in [2.75, 3.05) is 11.9 Å². The van der Waals surface area contributed by atoms with Crippen LogP contribution in [0.25, 0.3) is 0 Å². The molecule has 2 aromatic rings. The van der Waals surface area contributed by atoms with Gasteiger partial charge in [-0.1, -0.05) is 46.3 Å². The molecular formula is C18H19BrN2O2. The number of halogens is 1. The van der Waals surface area contributed by atoms with Gasteiger partial charge in [-0.25, -0.2) is 0 Å². The number of benzene rings is 2. The second-order valence-electron chi connectivity index (χ2n) is 5.26. The molecule has 0 saturated heterocycles. The SMILES string of the molecule is Cc1cc(Br)ccc1NC(=O)C(=O)NCCCc1ccccc1. The number of hydrogen-bond acceptors (Lipinski definition) is 2. The van der Waals surface area contributed by atoms with Gasteiger partial charge in [0.15, 0.2) is 0 Å². The average Bonchev–Trinajstić information content (AvgIpc) is 2.55. The molecule has 2 rings (SSSR count). The van der Waals surface area contributed by atoms with Gasteiger partial charge in [0, 0.05) is 16.7 Å². The molecule has 120 valence electrons. The molecule has 2 amide bonds. The van der Waals surface area contributed by atoms with Crippen molar-refractivity contribution in [3.05, 3.63) is 64.1 Å². The van der Waals surface area contributed by atoms with Gasteiger partial charge in [0.05, 0.1) is 0 Å². The van der Waals surface area contributed by atoms with Crippen molar-refractivity contribution in [2.45, 2.75) is 19.8 Å². The summed E-state index contributed by atoms with van der Waals surface area (Å²) in [4.78, 5) is 23.7. The predicted molar refractivity (Wildman–Crippen MR) is 95.3 cm³/mol. The average molecular weight is 375 g/mol. The molecule has 4 nitrogen and oxygen atoms in total. The third-order valence-corrected chi connectivity index (χ3v) is 3.91. The molecule has 0 spiro atoms. The monoisotopic (exact) mass is 374 g/mol. The largest absolute Gasteiger partial charge is 0.348 e. The van der Waals surface area contributed by atoms with Crippen LogP contribution in [0, 0.1) is 6.92 Å². The smallest absolute Gasteiger partial charge is 0.313 e. The first-order chi connectivity index (χ1) is 11.1. The van der Waals surface area contributed by atoms with E-state index in [-0.39, 0.29) is 0 Å². The van der Waals surface area contributed by atoms with E-state index in [0.717, 1.165) is 22.9 Å². The first-order valence-corrected chi connectivity index (χ1v) is 8.25. The zero-order valence-corrected chi connectivity index (χ0v) is 14.5. The summed E-state index contributed by atoms with van der Waals surface area (Å²) in [6, 6.07) is 15.5. The first kappa shape index (κ1) is 17.2. The van der Waals surface area contributed by atoms with Crippen molar-refractivity contribution < 1.29 is 9.59 Å². The zero-order valence-electron chi connectivity index (χ0n) is 12.9. The molecule has 2 aromatic carbocycles. The summed E-state index contributed by atoms with van der Waals surface area (Å²) in [6.07, 6.45) is 1.66. The Morgan fingerprint density at radius 2 is 1.78 bits per heavy atom. The molecule has 0 unspecified atom stereocenters. The van der Waals surface area contributed by atoms with Crippen LogP contribution < -0.4 is 10.6 Å². The van der Waals surface area contributed by atoms with Crippen molar-refractivity contribution in [1.29, 1.82) is 0 Å². The highest BCUT2D eigenvalue weighted by Gasteiger charge is 2.13. The van der Waals surface area contributed by atoms with Crippen LogP contribution in [0.15, 0.2) is 53.0 Å². The minimum atomic E-state index is -0.643. The number of nitrogens with one attached hydrogen (secondary N) is 2. The molecule has 0 bridgehead atoms. The maximum absolute atomic E-state index is 11.9. The number of aryl methyl sites for hydroxylation is 2. The van der Waals surface area contributed by atoms with Crippen molar-refractivity contribution in [2.24, 2.45) is 0 Å². The topological polar surface area (TPSA) is 58.2 Å². The third-order valence-electron chi connectivity index (χ3n) is 3.41. The molecule has 0 atom stereocenters. The Morgan fingerprint density at radius 3 is 2.48 bits per heavy atom. The van der Waals surface area contributed by atoms with Crippen LogP contribution in [0.3, 0.4) is 0 Å². The summed E-state index contributed by atoms with van der Waals surface area (Å²) >= 11 is 3.36. The van der Waals surface area contributed by atoms with E-state index >= 15 is 0 Å². The lowest BCUT2D eigenvalue weighted by Gasteiger charge is -2.09. The molecule has 0 fully saturated rings. The molecule has 0 aliphatic heterocycles. The van der Waals surface area contributed by atoms with Crippen LogP contribution in [0.2, 0.25) is 0 Å². The van der Waals surface area contributed by atoms with E-state index < -0.39 is 11.8 Å². The first-order valence-electron chi connectivity index (χ1n) is 7.45. The molecule has 0 radical (unpaired) electrons. The van der Waals surface area contributed by atoms with Crippen molar-refractivity contribution in [1.82, 2.24) is 5.32 Å². The lowest BCUT2D eigenvalue weighted by Crippen LogP contribution is -2.36. The van der Waals surface area contributed by atoms with Gasteiger partial charge in [-0.2, -0.15) is 0 Å². The molecule has 23 heavy (non-hydrogen) atoms. The predicted octanol–water partition coefficient (Wildman–Crippen LogP) is 3.45. The quantitative estimate of drug-likeness (QED) is 0.621. The Hall–Kier alpha value is -2.14. The number of carbonyl (C=O) groups is 2. The summed E-state index contributed by atoms with van der Waals surface area (Å²) in [5.41, 5.74) is 2.75. The second kappa shape index (κ2) is 8.48. The maximum atomic E-state index is 11.9. The van der Waals surface area contributed by atoms with Gasteiger partial charge < -0.3 is 10.6 Å². The minimum absolute atomic E-state index is 0.473. The van der Waals surface area contributed by atoms with Gasteiger partial charge in [-0.3, -0.25) is 9.59 Å². The zero-order chi connectivity index (χ0) is 16.7. The van der Waals surface area contributed by atoms with Crippen LogP contribution in [-0.2, 0) is 16.0 Å². The van der Waals surface area contributed by atoms with E-state index in [2.05, 4.69) is 26.6 Å². The highest BCUT2D eigenvalue weighted by Crippen LogP contribution is 2.19. The lowest BCUT2D eigenvalue weighted by atomic mass is 10.1. The van der Waals surface area contributed by atoms with Crippen molar-refractivity contribution in [3.8, 4) is 0 Å². The van der Waals surface area contributed by atoms with Crippen LogP contribution in [-0.4, -0.2) is 18.4 Å². The summed E-state index contributed by atoms with van der Waals surface area (Å²) in [6.45, 7) is 2.35. The van der Waals surface area contributed by atoms with E-state index in [0.29, 0.717) is 12.2 Å². The van der Waals surface area contributed by atoms with Crippen LogP contribution in [0.5, 0.6) is 0 Å². The number of anilines is 1. The van der Waals surface area contributed by atoms with Gasteiger partial charge in [-0.05, 0) is 49.1 Å². The summed E-state index contributed by atoms with van der Waals surface area (Å²) in [5, 5.41) is 5.27. The fourth-order valence-corrected chi connectivity index (χ4v) is 2.64. The molecule has 0 saturated carbocycles. The third kappa shape index (κ3) is 5.53. The van der Waals surface area contributed by atoms with Crippen LogP contribution in [0.1, 0.15) is 17.5 Å². The molecule has 5 heteroatoms. The number of amides is 2. The molecule has 0 aliphatic rings. The molecule has 0 aromatic heterocycles. The van der Waals surface area contributed by atoms with E-state index in [1.807, 2.05) is 49.4 Å². The Labute approximate surface area is 144 Å². The van der Waals surface area contributed by atoms with Crippen LogP contribution in [0.4, 0.5) is 5.69 Å². The number of rotatable bonds is 5.